The Bertz CT molecular complexity index is 746. The molecule has 0 unspecified atom stereocenters. The van der Waals surface area contributed by atoms with Crippen molar-refractivity contribution in [2.45, 2.75) is 0 Å². The highest BCUT2D eigenvalue weighted by Gasteiger charge is 2.06. The molecule has 0 aliphatic heterocycles. The standard InChI is InChI=1S/C17H15N3O/c18-14-5-3-4-13(12-14)17(21)19-15-6-8-16(9-7-15)20-10-1-2-11-20/h1-12H,18H2,(H,19,21). The summed E-state index contributed by atoms with van der Waals surface area (Å²) in [5, 5.41) is 2.85. The van der Waals surface area contributed by atoms with Gasteiger partial charge in [0.2, 0.25) is 0 Å². The quantitative estimate of drug-likeness (QED) is 0.721. The molecule has 0 aliphatic carbocycles. The van der Waals surface area contributed by atoms with Crippen LogP contribution < -0.4 is 11.1 Å². The smallest absolute Gasteiger partial charge is 0.255 e. The van der Waals surface area contributed by atoms with Crippen molar-refractivity contribution in [3.63, 3.8) is 0 Å². The van der Waals surface area contributed by atoms with Crippen LogP contribution in [0.2, 0.25) is 0 Å². The van der Waals surface area contributed by atoms with Crippen LogP contribution >= 0.6 is 0 Å². The lowest BCUT2D eigenvalue weighted by atomic mass is 10.2. The van der Waals surface area contributed by atoms with Crippen LogP contribution in [0.1, 0.15) is 10.4 Å². The first-order valence-corrected chi connectivity index (χ1v) is 6.63. The minimum atomic E-state index is -0.170. The van der Waals surface area contributed by atoms with Crippen LogP contribution in [0.25, 0.3) is 5.69 Å². The summed E-state index contributed by atoms with van der Waals surface area (Å²) >= 11 is 0. The van der Waals surface area contributed by atoms with Gasteiger partial charge in [0.1, 0.15) is 0 Å². The van der Waals surface area contributed by atoms with Crippen molar-refractivity contribution in [3.05, 3.63) is 78.6 Å². The molecule has 2 aromatic carbocycles. The molecule has 21 heavy (non-hydrogen) atoms. The van der Waals surface area contributed by atoms with Crippen molar-refractivity contribution < 1.29 is 4.79 Å². The number of carbonyl (C=O) groups excluding carboxylic acids is 1. The number of anilines is 2. The zero-order valence-electron chi connectivity index (χ0n) is 11.4. The fraction of sp³-hybridized carbons (Fsp3) is 0. The molecule has 1 heterocycles. The Morgan fingerprint density at radius 1 is 0.952 bits per heavy atom. The lowest BCUT2D eigenvalue weighted by Crippen LogP contribution is -2.12. The second-order valence-electron chi connectivity index (χ2n) is 4.72. The van der Waals surface area contributed by atoms with Gasteiger partial charge >= 0.3 is 0 Å². The highest BCUT2D eigenvalue weighted by atomic mass is 16.1. The minimum Gasteiger partial charge on any atom is -0.399 e. The van der Waals surface area contributed by atoms with E-state index in [0.29, 0.717) is 11.3 Å². The Hall–Kier alpha value is -3.01. The third-order valence-corrected chi connectivity index (χ3v) is 3.18. The van der Waals surface area contributed by atoms with Crippen molar-refractivity contribution >= 4 is 17.3 Å². The summed E-state index contributed by atoms with van der Waals surface area (Å²) in [6, 6.07) is 18.5. The van der Waals surface area contributed by atoms with Crippen LogP contribution in [0.5, 0.6) is 0 Å². The lowest BCUT2D eigenvalue weighted by Gasteiger charge is -2.08. The molecule has 104 valence electrons. The van der Waals surface area contributed by atoms with E-state index in [2.05, 4.69) is 5.32 Å². The van der Waals surface area contributed by atoms with E-state index in [4.69, 9.17) is 5.73 Å². The highest BCUT2D eigenvalue weighted by Crippen LogP contribution is 2.15. The molecule has 1 amide bonds. The number of benzene rings is 2. The van der Waals surface area contributed by atoms with Gasteiger partial charge in [-0.25, -0.2) is 0 Å². The van der Waals surface area contributed by atoms with Crippen LogP contribution in [-0.2, 0) is 0 Å². The van der Waals surface area contributed by atoms with Gasteiger partial charge in [-0.3, -0.25) is 4.79 Å². The normalized spacial score (nSPS) is 10.3. The van der Waals surface area contributed by atoms with Gasteiger partial charge in [0.15, 0.2) is 0 Å². The molecule has 4 nitrogen and oxygen atoms in total. The highest BCUT2D eigenvalue weighted by molar-refractivity contribution is 6.04. The molecule has 3 N–H and O–H groups in total. The monoisotopic (exact) mass is 277 g/mol. The van der Waals surface area contributed by atoms with Crippen LogP contribution in [0, 0.1) is 0 Å². The number of nitrogens with two attached hydrogens (primary N) is 1. The van der Waals surface area contributed by atoms with E-state index < -0.39 is 0 Å². The van der Waals surface area contributed by atoms with Gasteiger partial charge in [0.25, 0.3) is 5.91 Å². The summed E-state index contributed by atoms with van der Waals surface area (Å²) in [6.45, 7) is 0. The van der Waals surface area contributed by atoms with Crippen molar-refractivity contribution in [1.82, 2.24) is 4.57 Å². The molecule has 1 aromatic heterocycles. The maximum atomic E-state index is 12.1. The van der Waals surface area contributed by atoms with E-state index in [1.165, 1.54) is 0 Å². The molecule has 0 spiro atoms. The summed E-state index contributed by atoms with van der Waals surface area (Å²) in [4.78, 5) is 12.1. The summed E-state index contributed by atoms with van der Waals surface area (Å²) in [7, 11) is 0. The SMILES string of the molecule is Nc1cccc(C(=O)Nc2ccc(-n3cccc3)cc2)c1. The maximum absolute atomic E-state index is 12.1. The molecule has 4 heteroatoms. The predicted molar refractivity (Wildman–Crippen MR) is 84.6 cm³/mol. The molecule has 3 rings (SSSR count). The summed E-state index contributed by atoms with van der Waals surface area (Å²) in [6.07, 6.45) is 3.95. The number of nitrogens with one attached hydrogen (secondary N) is 1. The third kappa shape index (κ3) is 2.95. The second-order valence-corrected chi connectivity index (χ2v) is 4.72. The Labute approximate surface area is 122 Å². The molecule has 3 aromatic rings. The summed E-state index contributed by atoms with van der Waals surface area (Å²) < 4.78 is 2.00. The molecule has 0 bridgehead atoms. The number of nitrogen functional groups attached to an aromatic ring is 1. The lowest BCUT2D eigenvalue weighted by molar-refractivity contribution is 0.102. The van der Waals surface area contributed by atoms with E-state index in [1.54, 1.807) is 24.3 Å². The van der Waals surface area contributed by atoms with Crippen molar-refractivity contribution in [1.29, 1.82) is 0 Å². The number of carbonyl (C=O) groups is 1. The first-order valence-electron chi connectivity index (χ1n) is 6.63. The third-order valence-electron chi connectivity index (χ3n) is 3.18. The number of rotatable bonds is 3. The predicted octanol–water partition coefficient (Wildman–Crippen LogP) is 3.31. The first-order chi connectivity index (χ1) is 10.2. The van der Waals surface area contributed by atoms with Gasteiger partial charge in [-0.05, 0) is 54.6 Å². The Morgan fingerprint density at radius 3 is 2.33 bits per heavy atom. The van der Waals surface area contributed by atoms with Gasteiger partial charge in [0, 0.05) is 35.0 Å². The number of nitrogens with zero attached hydrogens (tertiary/aromatic N) is 1. The number of hydrogen-bond acceptors (Lipinski definition) is 2. The van der Waals surface area contributed by atoms with E-state index in [1.807, 2.05) is 53.4 Å². The zero-order chi connectivity index (χ0) is 14.7. The van der Waals surface area contributed by atoms with Crippen LogP contribution in [0.4, 0.5) is 11.4 Å². The van der Waals surface area contributed by atoms with Crippen molar-refractivity contribution in [2.24, 2.45) is 0 Å². The van der Waals surface area contributed by atoms with Crippen LogP contribution in [0.3, 0.4) is 0 Å². The van der Waals surface area contributed by atoms with Crippen LogP contribution in [-0.4, -0.2) is 10.5 Å². The molecule has 0 saturated carbocycles. The molecular formula is C17H15N3O. The number of amides is 1. The number of hydrogen-bond donors (Lipinski definition) is 2. The van der Waals surface area contributed by atoms with Crippen molar-refractivity contribution in [3.8, 4) is 5.69 Å². The van der Waals surface area contributed by atoms with E-state index in [0.717, 1.165) is 11.4 Å². The average Bonchev–Trinajstić information content (AvgIpc) is 3.02. The maximum Gasteiger partial charge on any atom is 0.255 e. The van der Waals surface area contributed by atoms with Gasteiger partial charge in [-0.15, -0.1) is 0 Å². The topological polar surface area (TPSA) is 60.1 Å². The largest absolute Gasteiger partial charge is 0.399 e. The molecule has 0 fully saturated rings. The van der Waals surface area contributed by atoms with Gasteiger partial charge in [-0.2, -0.15) is 0 Å². The molecule has 0 radical (unpaired) electrons. The Balaban J connectivity index is 1.75. The molecular weight excluding hydrogens is 262 g/mol. The minimum absolute atomic E-state index is 0.170. The van der Waals surface area contributed by atoms with E-state index in [9.17, 15) is 4.79 Å². The molecule has 0 aliphatic rings. The molecule has 0 atom stereocenters. The zero-order valence-corrected chi connectivity index (χ0v) is 11.4. The van der Waals surface area contributed by atoms with Crippen LogP contribution in [0.15, 0.2) is 73.1 Å². The van der Waals surface area contributed by atoms with Gasteiger partial charge in [-0.1, -0.05) is 6.07 Å². The van der Waals surface area contributed by atoms with E-state index in [-0.39, 0.29) is 5.91 Å². The van der Waals surface area contributed by atoms with Gasteiger partial charge in [0.05, 0.1) is 0 Å². The summed E-state index contributed by atoms with van der Waals surface area (Å²) in [5.74, 6) is -0.170. The molecule has 0 saturated heterocycles. The Kier molecular flexibility index (Phi) is 3.43. The van der Waals surface area contributed by atoms with Gasteiger partial charge < -0.3 is 15.6 Å². The second kappa shape index (κ2) is 5.54. The fourth-order valence-corrected chi connectivity index (χ4v) is 2.11. The number of aromatic nitrogens is 1. The summed E-state index contributed by atoms with van der Waals surface area (Å²) in [5.41, 5.74) is 8.59. The van der Waals surface area contributed by atoms with E-state index >= 15 is 0 Å². The average molecular weight is 277 g/mol. The van der Waals surface area contributed by atoms with Crippen molar-refractivity contribution in [2.75, 3.05) is 11.1 Å². The first kappa shape index (κ1) is 13.0. The fourth-order valence-electron chi connectivity index (χ4n) is 2.11. The Morgan fingerprint density at radius 2 is 1.67 bits per heavy atom.